The zero-order valence-electron chi connectivity index (χ0n) is 22.8. The number of pyridine rings is 1. The van der Waals surface area contributed by atoms with Gasteiger partial charge in [-0.1, -0.05) is 19.8 Å². The van der Waals surface area contributed by atoms with Gasteiger partial charge in [-0.25, -0.2) is 4.98 Å². The van der Waals surface area contributed by atoms with Gasteiger partial charge < -0.3 is 20.6 Å². The molecule has 1 fully saturated rings. The van der Waals surface area contributed by atoms with Gasteiger partial charge in [0.2, 0.25) is 0 Å². The summed E-state index contributed by atoms with van der Waals surface area (Å²) in [5.74, 6) is -0.819. The third-order valence-electron chi connectivity index (χ3n) is 7.07. The molecule has 1 aliphatic carbocycles. The average Bonchev–Trinajstić information content (AvgIpc) is 3.48. The molecule has 4 rings (SSSR count). The van der Waals surface area contributed by atoms with E-state index < -0.39 is 16.8 Å². The van der Waals surface area contributed by atoms with Crippen LogP contribution >= 0.6 is 0 Å². The molecule has 2 aromatic heterocycles. The third kappa shape index (κ3) is 5.85. The molecule has 0 unspecified atom stereocenters. The minimum Gasteiger partial charge on any atom is -0.504 e. The number of rotatable bonds is 7. The molecule has 0 aliphatic heterocycles. The van der Waals surface area contributed by atoms with Crippen molar-refractivity contribution in [2.45, 2.75) is 58.9 Å². The van der Waals surface area contributed by atoms with Gasteiger partial charge in [-0.05, 0) is 44.6 Å². The molecule has 1 amide bonds. The minimum absolute atomic E-state index is 0.0506. The van der Waals surface area contributed by atoms with Crippen molar-refractivity contribution >= 4 is 23.0 Å². The van der Waals surface area contributed by atoms with Crippen molar-refractivity contribution in [3.8, 4) is 11.8 Å². The number of nitrogens with zero attached hydrogens (tertiary/aromatic N) is 5. The van der Waals surface area contributed by atoms with Gasteiger partial charge >= 0.3 is 0 Å². The molecule has 0 radical (unpaired) electrons. The third-order valence-corrected chi connectivity index (χ3v) is 7.07. The largest absolute Gasteiger partial charge is 0.504 e. The van der Waals surface area contributed by atoms with Crippen molar-refractivity contribution in [3.63, 3.8) is 0 Å². The van der Waals surface area contributed by atoms with Crippen LogP contribution in [0, 0.1) is 16.7 Å². The van der Waals surface area contributed by atoms with Crippen LogP contribution in [0.4, 0.5) is 17.1 Å². The Kier molecular flexibility index (Phi) is 8.56. The second kappa shape index (κ2) is 11.5. The summed E-state index contributed by atoms with van der Waals surface area (Å²) >= 11 is 0. The summed E-state index contributed by atoms with van der Waals surface area (Å²) in [6, 6.07) is 3.57. The summed E-state index contributed by atoms with van der Waals surface area (Å²) < 4.78 is 1.74. The van der Waals surface area contributed by atoms with E-state index in [1.807, 2.05) is 27.1 Å². The van der Waals surface area contributed by atoms with Gasteiger partial charge in [-0.3, -0.25) is 19.1 Å². The second-order valence-electron chi connectivity index (χ2n) is 10.3. The molecule has 1 aromatic carbocycles. The van der Waals surface area contributed by atoms with E-state index >= 15 is 0 Å². The predicted octanol–water partition coefficient (Wildman–Crippen LogP) is 3.06. The van der Waals surface area contributed by atoms with Crippen LogP contribution in [0.1, 0.15) is 68.2 Å². The highest BCUT2D eigenvalue weighted by Crippen LogP contribution is 2.40. The monoisotopic (exact) mass is 521 g/mol. The highest BCUT2D eigenvalue weighted by Gasteiger charge is 2.30. The standard InChI is InChI=1S/C15H18N4O4.C12H17N3/c1-7(2)19(4)15(23)11-12(20)8(5-6-17-11)18-10-9(16-3)13(21)14(10)22;1-12(5-3-4-6-12)7-11-10(8-13)9-15(2)14-11/h5-7,16,20H,1-4H3,(H,17,18);9H,3-7H2,1-2H3. The molecule has 0 bridgehead atoms. The van der Waals surface area contributed by atoms with Crippen molar-refractivity contribution < 1.29 is 9.90 Å². The molecule has 11 heteroatoms. The molecule has 1 aliphatic rings. The molecular formula is C27H35N7O4. The minimum atomic E-state index is -0.683. The maximum absolute atomic E-state index is 12.3. The van der Waals surface area contributed by atoms with Gasteiger partial charge in [0, 0.05) is 39.6 Å². The smallest absolute Gasteiger partial charge is 0.276 e. The Morgan fingerprint density at radius 3 is 2.47 bits per heavy atom. The lowest BCUT2D eigenvalue weighted by Gasteiger charge is -2.22. The Balaban J connectivity index is 0.000000230. The van der Waals surface area contributed by atoms with Crippen LogP contribution in [0.3, 0.4) is 0 Å². The Bertz CT molecular complexity index is 1420. The van der Waals surface area contributed by atoms with Crippen LogP contribution in [0.5, 0.6) is 5.75 Å². The fraction of sp³-hybridized carbons (Fsp3) is 0.481. The number of nitrogens with one attached hydrogen (secondary N) is 2. The van der Waals surface area contributed by atoms with Crippen LogP contribution in [0.2, 0.25) is 0 Å². The number of amides is 1. The zero-order chi connectivity index (χ0) is 28.2. The van der Waals surface area contributed by atoms with E-state index in [0.29, 0.717) is 5.41 Å². The molecule has 1 saturated carbocycles. The maximum Gasteiger partial charge on any atom is 0.276 e. The van der Waals surface area contributed by atoms with E-state index in [-0.39, 0.29) is 34.5 Å². The van der Waals surface area contributed by atoms with Gasteiger partial charge in [0.25, 0.3) is 16.8 Å². The molecule has 0 spiro atoms. The first-order chi connectivity index (χ1) is 17.9. The van der Waals surface area contributed by atoms with E-state index in [1.54, 1.807) is 11.7 Å². The molecular weight excluding hydrogens is 486 g/mol. The average molecular weight is 522 g/mol. The molecule has 0 atom stereocenters. The number of hydrogen-bond donors (Lipinski definition) is 3. The summed E-state index contributed by atoms with van der Waals surface area (Å²) in [4.78, 5) is 40.6. The number of aryl methyl sites for hydroxylation is 1. The summed E-state index contributed by atoms with van der Waals surface area (Å²) in [5, 5.41) is 28.9. The van der Waals surface area contributed by atoms with Crippen LogP contribution in [-0.4, -0.2) is 50.8 Å². The molecule has 0 saturated heterocycles. The molecule has 3 N–H and O–H groups in total. The van der Waals surface area contributed by atoms with Gasteiger partial charge in [0.05, 0.1) is 16.9 Å². The fourth-order valence-electron chi connectivity index (χ4n) is 4.57. The quantitative estimate of drug-likeness (QED) is 0.398. The Hall–Kier alpha value is -4.20. The Labute approximate surface area is 221 Å². The van der Waals surface area contributed by atoms with Crippen molar-refractivity contribution in [2.75, 3.05) is 24.7 Å². The number of anilines is 3. The van der Waals surface area contributed by atoms with E-state index in [4.69, 9.17) is 5.26 Å². The fourth-order valence-corrected chi connectivity index (χ4v) is 4.57. The summed E-state index contributed by atoms with van der Waals surface area (Å²) in [5.41, 5.74) is 0.972. The van der Waals surface area contributed by atoms with E-state index in [9.17, 15) is 19.5 Å². The van der Waals surface area contributed by atoms with Gasteiger partial charge in [0.1, 0.15) is 17.4 Å². The molecule has 2 heterocycles. The lowest BCUT2D eigenvalue weighted by molar-refractivity contribution is 0.0746. The first-order valence-electron chi connectivity index (χ1n) is 12.6. The first-order valence-corrected chi connectivity index (χ1v) is 12.6. The van der Waals surface area contributed by atoms with E-state index in [0.717, 1.165) is 17.7 Å². The number of carbonyl (C=O) groups is 1. The van der Waals surface area contributed by atoms with Gasteiger partial charge in [-0.15, -0.1) is 0 Å². The van der Waals surface area contributed by atoms with Gasteiger partial charge in [-0.2, -0.15) is 10.4 Å². The molecule has 11 nitrogen and oxygen atoms in total. The van der Waals surface area contributed by atoms with E-state index in [2.05, 4.69) is 33.7 Å². The van der Waals surface area contributed by atoms with Gasteiger partial charge in [0.15, 0.2) is 11.4 Å². The highest BCUT2D eigenvalue weighted by molar-refractivity contribution is 5.97. The van der Waals surface area contributed by atoms with Crippen molar-refractivity contribution in [1.29, 1.82) is 5.26 Å². The zero-order valence-corrected chi connectivity index (χ0v) is 22.8. The highest BCUT2D eigenvalue weighted by atomic mass is 16.3. The molecule has 38 heavy (non-hydrogen) atoms. The Morgan fingerprint density at radius 1 is 1.26 bits per heavy atom. The summed E-state index contributed by atoms with van der Waals surface area (Å²) in [6.45, 7) is 5.98. The van der Waals surface area contributed by atoms with Crippen molar-refractivity contribution in [3.05, 3.63) is 55.9 Å². The lowest BCUT2D eigenvalue weighted by Crippen LogP contribution is -2.36. The SMILES string of the molecule is CNc1c(Nc2ccnc(C(=O)N(C)C(C)C)c2O)c(=O)c1=O.Cn1cc(C#N)c(CC2(C)CCCC2)n1. The summed E-state index contributed by atoms with van der Waals surface area (Å²) in [6.07, 6.45) is 9.30. The molecule has 202 valence electrons. The number of aromatic nitrogens is 3. The first kappa shape index (κ1) is 28.4. The van der Waals surface area contributed by atoms with Crippen molar-refractivity contribution in [1.82, 2.24) is 19.7 Å². The normalized spacial score (nSPS) is 14.1. The van der Waals surface area contributed by atoms with Crippen molar-refractivity contribution in [2.24, 2.45) is 12.5 Å². The maximum atomic E-state index is 12.3. The van der Waals surface area contributed by atoms with E-state index in [1.165, 1.54) is 49.9 Å². The lowest BCUT2D eigenvalue weighted by atomic mass is 9.83. The van der Waals surface area contributed by atoms with Crippen LogP contribution < -0.4 is 21.5 Å². The number of hydrogen-bond acceptors (Lipinski definition) is 9. The van der Waals surface area contributed by atoms with Crippen LogP contribution in [0.25, 0.3) is 0 Å². The predicted molar refractivity (Wildman–Crippen MR) is 146 cm³/mol. The van der Waals surface area contributed by atoms with Crippen LogP contribution in [0.15, 0.2) is 28.0 Å². The number of aromatic hydroxyl groups is 1. The topological polar surface area (TPSA) is 153 Å². The number of nitriles is 1. The summed E-state index contributed by atoms with van der Waals surface area (Å²) in [7, 11) is 4.99. The Morgan fingerprint density at radius 2 is 1.89 bits per heavy atom. The molecule has 3 aromatic rings. The van der Waals surface area contributed by atoms with Crippen LogP contribution in [-0.2, 0) is 13.5 Å². The second-order valence-corrected chi connectivity index (χ2v) is 10.3. The number of carbonyl (C=O) groups excluding carboxylic acids is 1.